The molecule has 120 valence electrons. The second-order valence-electron chi connectivity index (χ2n) is 5.87. The van der Waals surface area contributed by atoms with Crippen molar-refractivity contribution < 1.29 is 17.9 Å². The van der Waals surface area contributed by atoms with Crippen LogP contribution in [-0.4, -0.2) is 56.8 Å². The highest BCUT2D eigenvalue weighted by atomic mass is 32.2. The van der Waals surface area contributed by atoms with Crippen LogP contribution >= 0.6 is 0 Å². The maximum atomic E-state index is 12.7. The molecular formula is C15H20N2O4S. The number of carbonyl (C=O) groups excluding carboxylic acids is 1. The van der Waals surface area contributed by atoms with E-state index in [9.17, 15) is 13.2 Å². The monoisotopic (exact) mass is 324 g/mol. The summed E-state index contributed by atoms with van der Waals surface area (Å²) in [7, 11) is -3.34. The SMILES string of the molecule is CS(=O)(=O)N[C@@H]1CN(C(=O)c2ccccc2)[C@@H]2CCCO[C@@H]21. The van der Waals surface area contributed by atoms with Crippen molar-refractivity contribution >= 4 is 15.9 Å². The molecule has 0 aromatic heterocycles. The molecule has 1 N–H and O–H groups in total. The maximum absolute atomic E-state index is 12.7. The summed E-state index contributed by atoms with van der Waals surface area (Å²) in [6, 6.07) is 8.61. The second-order valence-corrected chi connectivity index (χ2v) is 7.65. The van der Waals surface area contributed by atoms with Crippen LogP contribution in [0.2, 0.25) is 0 Å². The average molecular weight is 324 g/mol. The van der Waals surface area contributed by atoms with Crippen molar-refractivity contribution in [3.63, 3.8) is 0 Å². The first-order chi connectivity index (χ1) is 10.5. The van der Waals surface area contributed by atoms with Crippen molar-refractivity contribution in [2.24, 2.45) is 0 Å². The van der Waals surface area contributed by atoms with Crippen LogP contribution < -0.4 is 4.72 Å². The number of hydrogen-bond acceptors (Lipinski definition) is 4. The summed E-state index contributed by atoms with van der Waals surface area (Å²) in [6.07, 6.45) is 2.58. The Labute approximate surface area is 130 Å². The number of carbonyl (C=O) groups is 1. The molecule has 2 aliphatic rings. The lowest BCUT2D eigenvalue weighted by atomic mass is 10.0. The molecule has 1 amide bonds. The Morgan fingerprint density at radius 1 is 1.32 bits per heavy atom. The molecule has 6 nitrogen and oxygen atoms in total. The van der Waals surface area contributed by atoms with E-state index < -0.39 is 10.0 Å². The third-order valence-electron chi connectivity index (χ3n) is 4.17. The quantitative estimate of drug-likeness (QED) is 0.884. The molecule has 3 rings (SSSR count). The molecule has 22 heavy (non-hydrogen) atoms. The molecule has 2 heterocycles. The summed E-state index contributed by atoms with van der Waals surface area (Å²) < 4.78 is 31.4. The van der Waals surface area contributed by atoms with E-state index >= 15 is 0 Å². The first kappa shape index (κ1) is 15.5. The van der Waals surface area contributed by atoms with E-state index in [2.05, 4.69) is 4.72 Å². The number of fused-ring (bicyclic) bond motifs is 1. The van der Waals surface area contributed by atoms with E-state index in [1.54, 1.807) is 17.0 Å². The highest BCUT2D eigenvalue weighted by Crippen LogP contribution is 2.30. The Hall–Kier alpha value is -1.44. The van der Waals surface area contributed by atoms with Gasteiger partial charge in [0, 0.05) is 18.7 Å². The molecule has 0 radical (unpaired) electrons. The number of sulfonamides is 1. The van der Waals surface area contributed by atoms with E-state index in [-0.39, 0.29) is 24.1 Å². The van der Waals surface area contributed by atoms with Crippen LogP contribution in [0.3, 0.4) is 0 Å². The van der Waals surface area contributed by atoms with Gasteiger partial charge in [-0.1, -0.05) is 18.2 Å². The van der Waals surface area contributed by atoms with Gasteiger partial charge in [-0.25, -0.2) is 13.1 Å². The van der Waals surface area contributed by atoms with Gasteiger partial charge in [0.25, 0.3) is 5.91 Å². The zero-order valence-electron chi connectivity index (χ0n) is 12.4. The summed E-state index contributed by atoms with van der Waals surface area (Å²) in [5.74, 6) is -0.0705. The molecule has 2 saturated heterocycles. The lowest BCUT2D eigenvalue weighted by Gasteiger charge is -2.32. The fraction of sp³-hybridized carbons (Fsp3) is 0.533. The standard InChI is InChI=1S/C15H20N2O4S/c1-22(19,20)16-12-10-17(13-8-5-9-21-14(12)13)15(18)11-6-3-2-4-7-11/h2-4,6-7,12-14,16H,5,8-10H2,1H3/t12-,13-,14-/m1/s1. The van der Waals surface area contributed by atoms with Crippen molar-refractivity contribution in [3.8, 4) is 0 Å². The third-order valence-corrected chi connectivity index (χ3v) is 4.90. The minimum Gasteiger partial charge on any atom is -0.374 e. The Morgan fingerprint density at radius 2 is 2.05 bits per heavy atom. The molecule has 1 aromatic carbocycles. The zero-order chi connectivity index (χ0) is 15.7. The van der Waals surface area contributed by atoms with Gasteiger partial charge in [0.1, 0.15) is 0 Å². The number of ether oxygens (including phenoxy) is 1. The van der Waals surface area contributed by atoms with Gasteiger partial charge in [0.05, 0.1) is 24.4 Å². The van der Waals surface area contributed by atoms with E-state index in [4.69, 9.17) is 4.74 Å². The van der Waals surface area contributed by atoms with Gasteiger partial charge in [0.2, 0.25) is 10.0 Å². The normalized spacial score (nSPS) is 28.4. The molecule has 7 heteroatoms. The van der Waals surface area contributed by atoms with Gasteiger partial charge in [-0.2, -0.15) is 0 Å². The molecule has 0 bridgehead atoms. The highest BCUT2D eigenvalue weighted by molar-refractivity contribution is 7.88. The molecular weight excluding hydrogens is 304 g/mol. The lowest BCUT2D eigenvalue weighted by molar-refractivity contribution is -0.0156. The van der Waals surface area contributed by atoms with Crippen molar-refractivity contribution in [1.82, 2.24) is 9.62 Å². The minimum atomic E-state index is -3.34. The predicted octanol–water partition coefficient (Wildman–Crippen LogP) is 0.608. The molecule has 0 saturated carbocycles. The van der Waals surface area contributed by atoms with Crippen LogP contribution in [0.25, 0.3) is 0 Å². The number of nitrogens with zero attached hydrogens (tertiary/aromatic N) is 1. The Kier molecular flexibility index (Phi) is 4.20. The summed E-state index contributed by atoms with van der Waals surface area (Å²) >= 11 is 0. The van der Waals surface area contributed by atoms with Crippen LogP contribution in [0.4, 0.5) is 0 Å². The zero-order valence-corrected chi connectivity index (χ0v) is 13.3. The predicted molar refractivity (Wildman–Crippen MR) is 82.0 cm³/mol. The summed E-state index contributed by atoms with van der Waals surface area (Å²) in [5.41, 5.74) is 0.617. The van der Waals surface area contributed by atoms with Gasteiger partial charge < -0.3 is 9.64 Å². The van der Waals surface area contributed by atoms with Crippen molar-refractivity contribution in [2.45, 2.75) is 31.0 Å². The van der Waals surface area contributed by atoms with Crippen molar-refractivity contribution in [2.75, 3.05) is 19.4 Å². The fourth-order valence-corrected chi connectivity index (χ4v) is 4.07. The molecule has 0 unspecified atom stereocenters. The smallest absolute Gasteiger partial charge is 0.254 e. The number of nitrogens with one attached hydrogen (secondary N) is 1. The maximum Gasteiger partial charge on any atom is 0.254 e. The summed E-state index contributed by atoms with van der Waals surface area (Å²) in [5, 5.41) is 0. The van der Waals surface area contributed by atoms with Gasteiger partial charge in [-0.15, -0.1) is 0 Å². The lowest BCUT2D eigenvalue weighted by Crippen LogP contribution is -2.47. The number of benzene rings is 1. The van der Waals surface area contributed by atoms with E-state index in [1.807, 2.05) is 18.2 Å². The number of likely N-dealkylation sites (tertiary alicyclic amines) is 1. The van der Waals surface area contributed by atoms with Crippen LogP contribution in [0.15, 0.2) is 30.3 Å². The minimum absolute atomic E-state index is 0.0688. The number of hydrogen-bond donors (Lipinski definition) is 1. The molecule has 3 atom stereocenters. The van der Waals surface area contributed by atoms with E-state index in [1.165, 1.54) is 0 Å². The average Bonchev–Trinajstić information content (AvgIpc) is 2.85. The van der Waals surface area contributed by atoms with Crippen molar-refractivity contribution in [3.05, 3.63) is 35.9 Å². The van der Waals surface area contributed by atoms with Gasteiger partial charge in [-0.3, -0.25) is 4.79 Å². The summed E-state index contributed by atoms with van der Waals surface area (Å²) in [4.78, 5) is 14.5. The van der Waals surface area contributed by atoms with E-state index in [0.717, 1.165) is 19.1 Å². The Balaban J connectivity index is 1.84. The number of rotatable bonds is 3. The molecule has 2 fully saturated rings. The molecule has 1 aromatic rings. The Bertz CT molecular complexity index is 647. The summed E-state index contributed by atoms with van der Waals surface area (Å²) in [6.45, 7) is 0.951. The fourth-order valence-electron chi connectivity index (χ4n) is 3.32. The van der Waals surface area contributed by atoms with Crippen molar-refractivity contribution in [1.29, 1.82) is 0 Å². The third kappa shape index (κ3) is 3.16. The molecule has 0 spiro atoms. The first-order valence-corrected chi connectivity index (χ1v) is 9.30. The van der Waals surface area contributed by atoms with Crippen LogP contribution in [0.5, 0.6) is 0 Å². The largest absolute Gasteiger partial charge is 0.374 e. The topological polar surface area (TPSA) is 75.7 Å². The highest BCUT2D eigenvalue weighted by Gasteiger charge is 2.46. The van der Waals surface area contributed by atoms with Crippen LogP contribution in [-0.2, 0) is 14.8 Å². The second kappa shape index (κ2) is 5.98. The Morgan fingerprint density at radius 3 is 2.73 bits per heavy atom. The van der Waals surface area contributed by atoms with Gasteiger partial charge >= 0.3 is 0 Å². The van der Waals surface area contributed by atoms with Crippen LogP contribution in [0, 0.1) is 0 Å². The van der Waals surface area contributed by atoms with Gasteiger partial charge in [0.15, 0.2) is 0 Å². The van der Waals surface area contributed by atoms with Crippen LogP contribution in [0.1, 0.15) is 23.2 Å². The molecule has 2 aliphatic heterocycles. The van der Waals surface area contributed by atoms with E-state index in [0.29, 0.717) is 18.7 Å². The molecule has 0 aliphatic carbocycles. The first-order valence-electron chi connectivity index (χ1n) is 7.40. The number of amides is 1. The van der Waals surface area contributed by atoms with Gasteiger partial charge in [-0.05, 0) is 25.0 Å².